The molecule has 0 bridgehead atoms. The van der Waals surface area contributed by atoms with Gasteiger partial charge in [-0.3, -0.25) is 0 Å². The lowest BCUT2D eigenvalue weighted by Gasteiger charge is -2.41. The molecule has 4 saturated carbocycles. The molecular weight excluding hydrogens is 468 g/mol. The Bertz CT molecular complexity index is 581. The lowest BCUT2D eigenvalue weighted by atomic mass is 9.64. The number of hydrogen-bond donors (Lipinski definition) is 0. The molecule has 0 aliphatic heterocycles. The van der Waals surface area contributed by atoms with E-state index in [0.717, 1.165) is 41.4 Å². The molecule has 0 saturated heterocycles. The van der Waals surface area contributed by atoms with Gasteiger partial charge in [0, 0.05) is 0 Å². The molecule has 0 nitrogen and oxygen atoms in total. The van der Waals surface area contributed by atoms with Crippen molar-refractivity contribution in [1.82, 2.24) is 0 Å². The molecule has 0 N–H and O–H groups in total. The summed E-state index contributed by atoms with van der Waals surface area (Å²) in [5.74, 6) is 7.49. The quantitative estimate of drug-likeness (QED) is 0.287. The van der Waals surface area contributed by atoms with Gasteiger partial charge >= 0.3 is 0 Å². The van der Waals surface area contributed by atoms with Gasteiger partial charge in [0.25, 0.3) is 0 Å². The second-order valence-corrected chi connectivity index (χ2v) is 15.6. The van der Waals surface area contributed by atoms with E-state index in [1.54, 1.807) is 83.5 Å². The maximum Gasteiger partial charge on any atom is -0.0383 e. The highest BCUT2D eigenvalue weighted by molar-refractivity contribution is 4.86. The summed E-state index contributed by atoms with van der Waals surface area (Å²) >= 11 is 0. The van der Waals surface area contributed by atoms with E-state index >= 15 is 0 Å². The Morgan fingerprint density at radius 2 is 0.769 bits per heavy atom. The van der Waals surface area contributed by atoms with Crippen LogP contribution in [0.2, 0.25) is 0 Å². The lowest BCUT2D eigenvalue weighted by Crippen LogP contribution is -2.30. The molecule has 39 heavy (non-hydrogen) atoms. The van der Waals surface area contributed by atoms with Gasteiger partial charge in [-0.05, 0) is 73.5 Å². The summed E-state index contributed by atoms with van der Waals surface area (Å²) in [6.07, 6.45) is 47.9. The highest BCUT2D eigenvalue weighted by Crippen LogP contribution is 2.46. The molecule has 0 aromatic rings. The predicted octanol–water partition coefficient (Wildman–Crippen LogP) is 13.5. The van der Waals surface area contributed by atoms with Crippen molar-refractivity contribution < 1.29 is 0 Å². The maximum atomic E-state index is 2.47. The zero-order valence-corrected chi connectivity index (χ0v) is 27.0. The summed E-state index contributed by atoms with van der Waals surface area (Å²) in [6, 6.07) is 0. The Labute approximate surface area is 247 Å². The molecule has 4 fully saturated rings. The molecule has 0 heterocycles. The first-order chi connectivity index (χ1) is 19.3. The van der Waals surface area contributed by atoms with Crippen LogP contribution in [0.25, 0.3) is 0 Å². The lowest BCUT2D eigenvalue weighted by molar-refractivity contribution is 0.0981. The molecule has 0 aromatic carbocycles. The van der Waals surface area contributed by atoms with E-state index in [1.165, 1.54) is 116 Å². The first-order valence-corrected chi connectivity index (χ1v) is 19.3. The Kier molecular flexibility index (Phi) is 15.7. The molecule has 228 valence electrons. The zero-order valence-electron chi connectivity index (χ0n) is 27.0. The summed E-state index contributed by atoms with van der Waals surface area (Å²) < 4.78 is 0. The second-order valence-electron chi connectivity index (χ2n) is 15.6. The first kappa shape index (κ1) is 31.9. The van der Waals surface area contributed by atoms with Crippen LogP contribution in [-0.2, 0) is 0 Å². The second kappa shape index (κ2) is 19.2. The van der Waals surface area contributed by atoms with Crippen LogP contribution in [0.1, 0.15) is 206 Å². The fourth-order valence-electron chi connectivity index (χ4n) is 10.1. The third-order valence-corrected chi connectivity index (χ3v) is 12.9. The van der Waals surface area contributed by atoms with Crippen molar-refractivity contribution in [2.75, 3.05) is 0 Å². The smallest absolute Gasteiger partial charge is 0.0383 e. The summed E-state index contributed by atoms with van der Waals surface area (Å²) in [6.45, 7) is 2.47. The van der Waals surface area contributed by atoms with Gasteiger partial charge in [-0.2, -0.15) is 0 Å². The summed E-state index contributed by atoms with van der Waals surface area (Å²) in [4.78, 5) is 0. The minimum absolute atomic E-state index is 1.02. The van der Waals surface area contributed by atoms with Crippen molar-refractivity contribution in [3.8, 4) is 0 Å². The third-order valence-electron chi connectivity index (χ3n) is 12.9. The first-order valence-electron chi connectivity index (χ1n) is 19.3. The SMILES string of the molecule is CCC1CCCCCCCCCCC(C2CCC(CCC3CCCCC3)C(CCC3CCCCC3)C2)CCC1. The molecule has 5 atom stereocenters. The van der Waals surface area contributed by atoms with Crippen molar-refractivity contribution in [1.29, 1.82) is 0 Å². The van der Waals surface area contributed by atoms with E-state index in [0.29, 0.717) is 0 Å². The maximum absolute atomic E-state index is 2.47. The van der Waals surface area contributed by atoms with Crippen molar-refractivity contribution in [2.24, 2.45) is 41.4 Å². The number of rotatable bonds is 8. The highest BCUT2D eigenvalue weighted by Gasteiger charge is 2.34. The molecule has 0 spiro atoms. The van der Waals surface area contributed by atoms with E-state index in [4.69, 9.17) is 0 Å². The molecule has 0 amide bonds. The van der Waals surface area contributed by atoms with Crippen LogP contribution in [0.4, 0.5) is 0 Å². The van der Waals surface area contributed by atoms with E-state index in [2.05, 4.69) is 6.92 Å². The van der Waals surface area contributed by atoms with Gasteiger partial charge in [0.2, 0.25) is 0 Å². The third kappa shape index (κ3) is 12.0. The van der Waals surface area contributed by atoms with Crippen molar-refractivity contribution >= 4 is 0 Å². The minimum atomic E-state index is 1.02. The van der Waals surface area contributed by atoms with Gasteiger partial charge in [-0.25, -0.2) is 0 Å². The monoisotopic (exact) mass is 541 g/mol. The van der Waals surface area contributed by atoms with Gasteiger partial charge in [0.05, 0.1) is 0 Å². The highest BCUT2D eigenvalue weighted by atomic mass is 14.4. The molecule has 0 radical (unpaired) electrons. The largest absolute Gasteiger partial charge is 0.0651 e. The van der Waals surface area contributed by atoms with Crippen LogP contribution in [0.15, 0.2) is 0 Å². The van der Waals surface area contributed by atoms with Crippen LogP contribution in [-0.4, -0.2) is 0 Å². The molecule has 4 aliphatic carbocycles. The average molecular weight is 541 g/mol. The van der Waals surface area contributed by atoms with Gasteiger partial charge in [-0.1, -0.05) is 174 Å². The summed E-state index contributed by atoms with van der Waals surface area (Å²) in [5.41, 5.74) is 0. The van der Waals surface area contributed by atoms with Gasteiger partial charge < -0.3 is 0 Å². The molecule has 4 rings (SSSR count). The molecule has 0 heteroatoms. The van der Waals surface area contributed by atoms with Crippen LogP contribution in [0, 0.1) is 41.4 Å². The van der Waals surface area contributed by atoms with E-state index in [9.17, 15) is 0 Å². The molecule has 5 unspecified atom stereocenters. The molecular formula is C39H72. The fourth-order valence-corrected chi connectivity index (χ4v) is 10.1. The minimum Gasteiger partial charge on any atom is -0.0651 e. The van der Waals surface area contributed by atoms with Crippen molar-refractivity contribution in [3.63, 3.8) is 0 Å². The molecule has 4 aliphatic rings. The van der Waals surface area contributed by atoms with Crippen molar-refractivity contribution in [2.45, 2.75) is 206 Å². The summed E-state index contributed by atoms with van der Waals surface area (Å²) in [5, 5.41) is 0. The Morgan fingerprint density at radius 1 is 0.333 bits per heavy atom. The van der Waals surface area contributed by atoms with Crippen molar-refractivity contribution in [3.05, 3.63) is 0 Å². The van der Waals surface area contributed by atoms with Gasteiger partial charge in [0.15, 0.2) is 0 Å². The Hall–Kier alpha value is 0. The van der Waals surface area contributed by atoms with Crippen LogP contribution >= 0.6 is 0 Å². The number of hydrogen-bond acceptors (Lipinski definition) is 0. The molecule has 0 aromatic heterocycles. The van der Waals surface area contributed by atoms with E-state index < -0.39 is 0 Å². The Morgan fingerprint density at radius 3 is 1.36 bits per heavy atom. The zero-order chi connectivity index (χ0) is 27.0. The van der Waals surface area contributed by atoms with Crippen LogP contribution in [0.5, 0.6) is 0 Å². The summed E-state index contributed by atoms with van der Waals surface area (Å²) in [7, 11) is 0. The standard InChI is InChI=1S/C39H72/c1-2-33-18-11-7-5-3-4-6-8-16-24-36(25-17-23-33)39-31-30-37(28-26-34-19-12-9-13-20-34)38(32-39)29-27-35-21-14-10-15-22-35/h33-39H,2-32H2,1H3. The van der Waals surface area contributed by atoms with Gasteiger partial charge in [0.1, 0.15) is 0 Å². The predicted molar refractivity (Wildman–Crippen MR) is 173 cm³/mol. The van der Waals surface area contributed by atoms with E-state index in [1.807, 2.05) is 0 Å². The normalized spacial score (nSPS) is 34.2. The van der Waals surface area contributed by atoms with Crippen LogP contribution in [0.3, 0.4) is 0 Å². The fraction of sp³-hybridized carbons (Fsp3) is 1.00. The van der Waals surface area contributed by atoms with Gasteiger partial charge in [-0.15, -0.1) is 0 Å². The average Bonchev–Trinajstić information content (AvgIpc) is 3.00. The Balaban J connectivity index is 1.33. The topological polar surface area (TPSA) is 0 Å². The van der Waals surface area contributed by atoms with Crippen LogP contribution < -0.4 is 0 Å². The van der Waals surface area contributed by atoms with E-state index in [-0.39, 0.29) is 0 Å².